The Morgan fingerprint density at radius 2 is 2.33 bits per heavy atom. The van der Waals surface area contributed by atoms with Crippen molar-refractivity contribution in [3.8, 4) is 0 Å². The van der Waals surface area contributed by atoms with Crippen LogP contribution in [-0.4, -0.2) is 23.2 Å². The molecule has 2 heteroatoms. The molecular formula is C4H9AlO+. The van der Waals surface area contributed by atoms with Crippen molar-refractivity contribution in [2.45, 2.75) is 19.8 Å². The predicted molar refractivity (Wildman–Crippen MR) is 26.6 cm³/mol. The zero-order valence-electron chi connectivity index (χ0n) is 4.11. The van der Waals surface area contributed by atoms with E-state index in [0.29, 0.717) is 0 Å². The first-order chi connectivity index (χ1) is 2.91. The Hall–Kier alpha value is 0.492. The second-order valence-electron chi connectivity index (χ2n) is 1.22. The summed E-state index contributed by atoms with van der Waals surface area (Å²) in [6.45, 7) is 3.02. The number of rotatable bonds is 3. The van der Waals surface area contributed by atoms with Gasteiger partial charge in [0.15, 0.2) is 0 Å². The minimum absolute atomic E-state index is 0.876. The van der Waals surface area contributed by atoms with E-state index < -0.39 is 0 Å². The second-order valence-corrected chi connectivity index (χ2v) is 1.56. The van der Waals surface area contributed by atoms with Crippen molar-refractivity contribution < 1.29 is 3.79 Å². The van der Waals surface area contributed by atoms with Gasteiger partial charge in [-0.15, -0.1) is 0 Å². The molecule has 1 radical (unpaired) electrons. The van der Waals surface area contributed by atoms with Gasteiger partial charge >= 0.3 is 46.8 Å². The van der Waals surface area contributed by atoms with E-state index in [9.17, 15) is 0 Å². The van der Waals surface area contributed by atoms with Crippen molar-refractivity contribution in [1.29, 1.82) is 0 Å². The van der Waals surface area contributed by atoms with Gasteiger partial charge in [0.2, 0.25) is 0 Å². The fourth-order valence-corrected chi connectivity index (χ4v) is 0.394. The zero-order valence-corrected chi connectivity index (χ0v) is 5.26. The van der Waals surface area contributed by atoms with Gasteiger partial charge in [0.05, 0.1) is 0 Å². The molecular weight excluding hydrogens is 91.0 g/mol. The summed E-state index contributed by atoms with van der Waals surface area (Å²) in [6.07, 6.45) is 2.39. The summed E-state index contributed by atoms with van der Waals surface area (Å²) in [6, 6.07) is 0. The van der Waals surface area contributed by atoms with Crippen LogP contribution in [0.15, 0.2) is 0 Å². The van der Waals surface area contributed by atoms with E-state index in [4.69, 9.17) is 3.79 Å². The van der Waals surface area contributed by atoms with Gasteiger partial charge in [-0.25, -0.2) is 0 Å². The molecule has 6 heavy (non-hydrogen) atoms. The van der Waals surface area contributed by atoms with Crippen molar-refractivity contribution in [2.24, 2.45) is 0 Å². The number of hydrogen-bond donors (Lipinski definition) is 0. The molecule has 0 saturated carbocycles. The van der Waals surface area contributed by atoms with E-state index in [-0.39, 0.29) is 0 Å². The van der Waals surface area contributed by atoms with Crippen molar-refractivity contribution >= 4 is 16.6 Å². The van der Waals surface area contributed by atoms with Gasteiger partial charge in [0, 0.05) is 0 Å². The molecule has 0 heterocycles. The molecule has 0 aliphatic carbocycles. The average Bonchev–Trinajstić information content (AvgIpc) is 1.61. The van der Waals surface area contributed by atoms with E-state index in [1.807, 2.05) is 0 Å². The molecule has 1 nitrogen and oxygen atoms in total. The molecule has 0 fully saturated rings. The Bertz CT molecular complexity index is 19.5. The first kappa shape index (κ1) is 6.49. The van der Waals surface area contributed by atoms with Crippen LogP contribution in [0.1, 0.15) is 19.8 Å². The van der Waals surface area contributed by atoms with E-state index in [1.165, 1.54) is 12.8 Å². The van der Waals surface area contributed by atoms with Gasteiger partial charge in [-0.2, -0.15) is 0 Å². The molecule has 0 aliphatic rings. The molecule has 0 aromatic heterocycles. The molecule has 0 aromatic carbocycles. The zero-order chi connectivity index (χ0) is 4.83. The van der Waals surface area contributed by atoms with Gasteiger partial charge in [-0.1, -0.05) is 0 Å². The third-order valence-corrected chi connectivity index (χ3v) is 0.851. The third kappa shape index (κ3) is 4.49. The van der Waals surface area contributed by atoms with Gasteiger partial charge in [-0.3, -0.25) is 0 Å². The SMILES string of the molecule is CCCC[O][Al+]. The van der Waals surface area contributed by atoms with Crippen LogP contribution in [0.2, 0.25) is 0 Å². The van der Waals surface area contributed by atoms with Crippen LogP contribution < -0.4 is 0 Å². The molecule has 33 valence electrons. The van der Waals surface area contributed by atoms with Crippen molar-refractivity contribution in [3.63, 3.8) is 0 Å². The Balaban J connectivity index is 2.34. The minimum atomic E-state index is 0.876. The summed E-state index contributed by atoms with van der Waals surface area (Å²) in [5.74, 6) is 0. The van der Waals surface area contributed by atoms with Gasteiger partial charge in [-0.05, 0) is 0 Å². The van der Waals surface area contributed by atoms with Crippen LogP contribution in [0.5, 0.6) is 0 Å². The van der Waals surface area contributed by atoms with Crippen molar-refractivity contribution in [1.82, 2.24) is 0 Å². The van der Waals surface area contributed by atoms with Crippen LogP contribution in [0.3, 0.4) is 0 Å². The molecule has 0 bridgehead atoms. The maximum atomic E-state index is 4.70. The summed E-state index contributed by atoms with van der Waals surface area (Å²) >= 11 is 2.23. The normalized spacial score (nSPS) is 8.67. The van der Waals surface area contributed by atoms with Gasteiger partial charge < -0.3 is 0 Å². The van der Waals surface area contributed by atoms with Crippen LogP contribution in [-0.2, 0) is 3.79 Å². The van der Waals surface area contributed by atoms with E-state index in [1.54, 1.807) is 0 Å². The quantitative estimate of drug-likeness (QED) is 0.378. The van der Waals surface area contributed by atoms with Gasteiger partial charge in [0.25, 0.3) is 0 Å². The van der Waals surface area contributed by atoms with Gasteiger partial charge in [0.1, 0.15) is 0 Å². The molecule has 0 amide bonds. The van der Waals surface area contributed by atoms with Crippen LogP contribution in [0, 0.1) is 0 Å². The summed E-state index contributed by atoms with van der Waals surface area (Å²) in [7, 11) is 0. The predicted octanol–water partition coefficient (Wildman–Crippen LogP) is 0.887. The summed E-state index contributed by atoms with van der Waals surface area (Å²) < 4.78 is 4.70. The summed E-state index contributed by atoms with van der Waals surface area (Å²) in [4.78, 5) is 0. The van der Waals surface area contributed by atoms with Crippen molar-refractivity contribution in [3.05, 3.63) is 0 Å². The number of unbranched alkanes of at least 4 members (excludes halogenated alkanes) is 1. The topological polar surface area (TPSA) is 9.23 Å². The molecule has 0 saturated heterocycles. The monoisotopic (exact) mass is 100 g/mol. The molecule has 0 aliphatic heterocycles. The summed E-state index contributed by atoms with van der Waals surface area (Å²) in [5, 5.41) is 0. The summed E-state index contributed by atoms with van der Waals surface area (Å²) in [5.41, 5.74) is 0. The second kappa shape index (κ2) is 5.49. The van der Waals surface area contributed by atoms with Crippen LogP contribution in [0.25, 0.3) is 0 Å². The molecule has 0 aromatic rings. The number of hydrogen-bond acceptors (Lipinski definition) is 1. The van der Waals surface area contributed by atoms with E-state index >= 15 is 0 Å². The fraction of sp³-hybridized carbons (Fsp3) is 1.00. The van der Waals surface area contributed by atoms with Crippen molar-refractivity contribution in [2.75, 3.05) is 6.61 Å². The molecule has 0 rings (SSSR count). The molecule has 0 unspecified atom stereocenters. The first-order valence-electron chi connectivity index (χ1n) is 2.23. The van der Waals surface area contributed by atoms with E-state index in [0.717, 1.165) is 6.61 Å². The van der Waals surface area contributed by atoms with Crippen LogP contribution >= 0.6 is 0 Å². The molecule has 0 atom stereocenters. The third-order valence-electron chi connectivity index (χ3n) is 0.616. The molecule has 0 spiro atoms. The Labute approximate surface area is 47.4 Å². The van der Waals surface area contributed by atoms with Crippen LogP contribution in [0.4, 0.5) is 0 Å². The Morgan fingerprint density at radius 3 is 2.50 bits per heavy atom. The fourth-order valence-electron chi connectivity index (χ4n) is 0.228. The Kier molecular flexibility index (Phi) is 5.94. The average molecular weight is 100 g/mol. The first-order valence-corrected chi connectivity index (χ1v) is 2.70. The maximum absolute atomic E-state index is 4.70. The standard InChI is InChI=1S/C4H9O.Al/c1-2-3-4-5;/h2-4H2,1H3;/q-1;+2. The Morgan fingerprint density at radius 1 is 1.67 bits per heavy atom. The van der Waals surface area contributed by atoms with E-state index in [2.05, 4.69) is 23.5 Å². The molecule has 0 N–H and O–H groups in total.